The number of ether oxygens (including phenoxy) is 6. The highest BCUT2D eigenvalue weighted by atomic mass is 32.1. The molecule has 6 aromatic carbocycles. The third-order valence-electron chi connectivity index (χ3n) is 11.2. The van der Waals surface area contributed by atoms with E-state index in [4.69, 9.17) is 28.4 Å². The number of anilines is 6. The lowest BCUT2D eigenvalue weighted by atomic mass is 10.1. The molecule has 9 aromatic rings. The second-order valence-corrected chi connectivity index (χ2v) is 18.2. The number of thiophene rings is 3. The molecular weight excluding hydrogens is 869 g/mol. The first-order valence-corrected chi connectivity index (χ1v) is 23.5. The molecule has 0 saturated carbocycles. The van der Waals surface area contributed by atoms with E-state index in [-0.39, 0.29) is 0 Å². The first-order valence-electron chi connectivity index (χ1n) is 21.0. The van der Waals surface area contributed by atoms with Crippen LogP contribution in [0.3, 0.4) is 0 Å². The van der Waals surface area contributed by atoms with Gasteiger partial charge < -0.3 is 38.2 Å². The zero-order chi connectivity index (χ0) is 44.3. The van der Waals surface area contributed by atoms with E-state index in [0.29, 0.717) is 13.2 Å². The molecule has 324 valence electrons. The molecule has 8 nitrogen and oxygen atoms in total. The monoisotopic (exact) mass is 912 g/mol. The van der Waals surface area contributed by atoms with Gasteiger partial charge in [-0.15, -0.1) is 34.0 Å². The number of hydrogen-bond donors (Lipinski definition) is 0. The topological polar surface area (TPSA) is 61.9 Å². The number of nitrogens with zero attached hydrogens (tertiary/aromatic N) is 2. The molecule has 0 aliphatic carbocycles. The van der Waals surface area contributed by atoms with E-state index in [1.165, 1.54) is 9.75 Å². The maximum Gasteiger partial charge on any atom is 0.181 e. The number of hydrogen-bond acceptors (Lipinski definition) is 11. The Kier molecular flexibility index (Phi) is 11.9. The summed E-state index contributed by atoms with van der Waals surface area (Å²) in [6.45, 7) is 1.03. The van der Waals surface area contributed by atoms with Crippen LogP contribution in [-0.2, 0) is 0 Å². The van der Waals surface area contributed by atoms with Gasteiger partial charge in [-0.05, 0) is 157 Å². The van der Waals surface area contributed by atoms with Crippen molar-refractivity contribution in [2.24, 2.45) is 0 Å². The van der Waals surface area contributed by atoms with E-state index in [0.717, 1.165) is 99.3 Å². The van der Waals surface area contributed by atoms with E-state index < -0.39 is 0 Å². The Morgan fingerprint density at radius 3 is 0.862 bits per heavy atom. The van der Waals surface area contributed by atoms with Crippen LogP contribution in [0.1, 0.15) is 0 Å². The molecule has 1 aliphatic heterocycles. The summed E-state index contributed by atoms with van der Waals surface area (Å²) in [5.74, 6) is 4.89. The summed E-state index contributed by atoms with van der Waals surface area (Å²) in [5, 5.41) is 0. The molecule has 4 heterocycles. The number of fused-ring (bicyclic) bond motifs is 1. The first-order chi connectivity index (χ1) is 32.0. The fourth-order valence-electron chi connectivity index (χ4n) is 7.87. The van der Waals surface area contributed by atoms with Gasteiger partial charge in [0.25, 0.3) is 0 Å². The predicted molar refractivity (Wildman–Crippen MR) is 268 cm³/mol. The zero-order valence-electron chi connectivity index (χ0n) is 36.1. The van der Waals surface area contributed by atoms with Gasteiger partial charge in [0.2, 0.25) is 0 Å². The third kappa shape index (κ3) is 8.49. The molecule has 0 radical (unpaired) electrons. The number of methoxy groups -OCH3 is 4. The summed E-state index contributed by atoms with van der Waals surface area (Å²) in [6, 6.07) is 58.7. The molecule has 0 amide bonds. The Balaban J connectivity index is 0.912. The van der Waals surface area contributed by atoms with Crippen molar-refractivity contribution < 1.29 is 28.4 Å². The summed E-state index contributed by atoms with van der Waals surface area (Å²) in [6.07, 6.45) is 0. The van der Waals surface area contributed by atoms with E-state index in [1.54, 1.807) is 62.4 Å². The van der Waals surface area contributed by atoms with Crippen molar-refractivity contribution >= 4 is 68.1 Å². The minimum absolute atomic E-state index is 0.515. The van der Waals surface area contributed by atoms with Crippen molar-refractivity contribution in [1.82, 2.24) is 0 Å². The normalized spacial score (nSPS) is 11.8. The molecule has 10 rings (SSSR count). The Morgan fingerprint density at radius 1 is 0.323 bits per heavy atom. The van der Waals surface area contributed by atoms with Crippen LogP contribution in [0.25, 0.3) is 40.4 Å². The lowest BCUT2D eigenvalue weighted by Crippen LogP contribution is -2.14. The second-order valence-electron chi connectivity index (χ2n) is 15.0. The maximum atomic E-state index is 6.36. The molecule has 0 bridgehead atoms. The Hall–Kier alpha value is -7.18. The van der Waals surface area contributed by atoms with Crippen LogP contribution in [0.4, 0.5) is 34.1 Å². The molecule has 1 aliphatic rings. The smallest absolute Gasteiger partial charge is 0.181 e. The fourth-order valence-corrected chi connectivity index (χ4v) is 11.3. The first kappa shape index (κ1) is 41.8. The van der Waals surface area contributed by atoms with Crippen molar-refractivity contribution in [2.45, 2.75) is 0 Å². The fraction of sp³-hybridized carbons (Fsp3) is 0.111. The average Bonchev–Trinajstić information content (AvgIpc) is 4.16. The lowest BCUT2D eigenvalue weighted by Gasteiger charge is -2.26. The average molecular weight is 913 g/mol. The van der Waals surface area contributed by atoms with Crippen LogP contribution >= 0.6 is 34.0 Å². The molecule has 0 atom stereocenters. The highest BCUT2D eigenvalue weighted by molar-refractivity contribution is 7.28. The van der Waals surface area contributed by atoms with Gasteiger partial charge in [0.15, 0.2) is 11.5 Å². The van der Waals surface area contributed by atoms with Crippen molar-refractivity contribution in [3.8, 4) is 74.9 Å². The van der Waals surface area contributed by atoms with Gasteiger partial charge in [-0.2, -0.15) is 0 Å². The zero-order valence-corrected chi connectivity index (χ0v) is 38.6. The van der Waals surface area contributed by atoms with Gasteiger partial charge in [0.05, 0.1) is 38.2 Å². The van der Waals surface area contributed by atoms with Gasteiger partial charge in [-0.1, -0.05) is 24.3 Å². The highest BCUT2D eigenvalue weighted by Crippen LogP contribution is 2.56. The van der Waals surface area contributed by atoms with Crippen LogP contribution < -0.4 is 38.2 Å². The molecule has 0 saturated heterocycles. The van der Waals surface area contributed by atoms with E-state index in [1.807, 2.05) is 48.5 Å². The van der Waals surface area contributed by atoms with E-state index >= 15 is 0 Å². The minimum atomic E-state index is 0.515. The van der Waals surface area contributed by atoms with Crippen molar-refractivity contribution in [3.63, 3.8) is 0 Å². The molecular formula is C54H44N2O6S3. The van der Waals surface area contributed by atoms with Crippen molar-refractivity contribution in [3.05, 3.63) is 170 Å². The Bertz CT molecular complexity index is 2710. The molecule has 0 spiro atoms. The Labute approximate surface area is 390 Å². The molecule has 3 aromatic heterocycles. The number of benzene rings is 6. The van der Waals surface area contributed by atoms with Crippen LogP contribution in [0.15, 0.2) is 170 Å². The highest BCUT2D eigenvalue weighted by Gasteiger charge is 2.28. The van der Waals surface area contributed by atoms with Crippen LogP contribution in [-0.4, -0.2) is 41.7 Å². The Morgan fingerprint density at radius 2 is 0.585 bits per heavy atom. The van der Waals surface area contributed by atoms with Gasteiger partial charge >= 0.3 is 0 Å². The lowest BCUT2D eigenvalue weighted by molar-refractivity contribution is 0.175. The SMILES string of the molecule is COc1ccc(N(c2ccc(OC)cc2)c2ccc(-c3ccc(-c4sc(-c5ccc(-c6ccc(N(c7ccc(OC)cc7)c7ccc(OC)cc7)cc6)s5)c5c4OCCO5)s3)cc2)cc1. The third-order valence-corrected chi connectivity index (χ3v) is 15.0. The largest absolute Gasteiger partial charge is 0.497 e. The van der Waals surface area contributed by atoms with E-state index in [9.17, 15) is 0 Å². The molecule has 0 fully saturated rings. The van der Waals surface area contributed by atoms with Crippen molar-refractivity contribution in [1.29, 1.82) is 0 Å². The summed E-state index contributed by atoms with van der Waals surface area (Å²) >= 11 is 5.26. The quantitative estimate of drug-likeness (QED) is 0.107. The van der Waals surface area contributed by atoms with Crippen LogP contribution in [0, 0.1) is 0 Å². The van der Waals surface area contributed by atoms with E-state index in [2.05, 4.69) is 131 Å². The van der Waals surface area contributed by atoms with Gasteiger partial charge in [0.1, 0.15) is 36.2 Å². The predicted octanol–water partition coefficient (Wildman–Crippen LogP) is 15.3. The molecule has 65 heavy (non-hydrogen) atoms. The van der Waals surface area contributed by atoms with Crippen LogP contribution in [0.2, 0.25) is 0 Å². The summed E-state index contributed by atoms with van der Waals surface area (Å²) < 4.78 is 34.5. The molecule has 0 unspecified atom stereocenters. The summed E-state index contributed by atoms with van der Waals surface area (Å²) in [7, 11) is 6.73. The van der Waals surface area contributed by atoms with Gasteiger partial charge in [-0.25, -0.2) is 0 Å². The summed E-state index contributed by atoms with van der Waals surface area (Å²) in [4.78, 5) is 11.3. The summed E-state index contributed by atoms with van der Waals surface area (Å²) in [5.41, 5.74) is 8.46. The van der Waals surface area contributed by atoms with Crippen LogP contribution in [0.5, 0.6) is 34.5 Å². The minimum Gasteiger partial charge on any atom is -0.497 e. The molecule has 11 heteroatoms. The standard InChI is InChI=1S/C54H44N2O6S3/c1-57-43-21-13-39(14-22-43)55(40-15-23-44(58-2)24-16-40)37-9-5-35(6-10-37)47-29-31-49(63-47)53-51-52(62-34-33-61-51)54(65-53)50-32-30-48(64-50)36-7-11-38(12-8-36)56(41-17-25-45(59-3)26-18-41)42-19-27-46(60-4)28-20-42/h5-32H,33-34H2,1-4H3. The maximum absolute atomic E-state index is 6.36. The van der Waals surface area contributed by atoms with Gasteiger partial charge in [-0.3, -0.25) is 0 Å². The number of rotatable bonds is 14. The van der Waals surface area contributed by atoms with Gasteiger partial charge in [0, 0.05) is 53.6 Å². The second kappa shape index (κ2) is 18.5. The van der Waals surface area contributed by atoms with Crippen molar-refractivity contribution in [2.75, 3.05) is 51.5 Å². The molecule has 0 N–H and O–H groups in total.